The molecule has 0 radical (unpaired) electrons. The summed E-state index contributed by atoms with van der Waals surface area (Å²) in [6.07, 6.45) is 2.21. The summed E-state index contributed by atoms with van der Waals surface area (Å²) in [5.74, 6) is -0.169. The number of ether oxygens (including phenoxy) is 1. The van der Waals surface area contributed by atoms with Gasteiger partial charge in [-0.1, -0.05) is 12.1 Å². The Balaban J connectivity index is 1.59. The molecule has 1 fully saturated rings. The van der Waals surface area contributed by atoms with E-state index in [1.165, 1.54) is 4.90 Å². The molecular weight excluding hydrogens is 298 g/mol. The van der Waals surface area contributed by atoms with E-state index in [1.54, 1.807) is 18.2 Å². The van der Waals surface area contributed by atoms with Gasteiger partial charge in [0.1, 0.15) is 12.3 Å². The van der Waals surface area contributed by atoms with Crippen molar-refractivity contribution in [1.29, 1.82) is 0 Å². The molecule has 0 aromatic heterocycles. The van der Waals surface area contributed by atoms with Crippen LogP contribution in [0.5, 0.6) is 5.75 Å². The SMILES string of the molecule is O=C(CN1C(=O)CCOc2ccccc21)NCC(=O)NC1CC1. The molecule has 0 unspecified atom stereocenters. The number of carbonyl (C=O) groups excluding carboxylic acids is 3. The first-order valence-corrected chi connectivity index (χ1v) is 7.72. The maximum atomic E-state index is 12.2. The lowest BCUT2D eigenvalue weighted by molar-refractivity contribution is -0.126. The number of amides is 3. The standard InChI is InChI=1S/C16H19N3O4/c20-14(18-11-5-6-11)9-17-15(21)10-19-12-3-1-2-4-13(12)23-8-7-16(19)22/h1-4,11H,5-10H2,(H,17,21)(H,18,20). The van der Waals surface area contributed by atoms with Crippen LogP contribution in [0, 0.1) is 0 Å². The van der Waals surface area contributed by atoms with Gasteiger partial charge in [0.15, 0.2) is 0 Å². The molecule has 1 aliphatic carbocycles. The van der Waals surface area contributed by atoms with Gasteiger partial charge >= 0.3 is 0 Å². The van der Waals surface area contributed by atoms with Crippen molar-refractivity contribution < 1.29 is 19.1 Å². The Labute approximate surface area is 134 Å². The molecular formula is C16H19N3O4. The smallest absolute Gasteiger partial charge is 0.240 e. The Hall–Kier alpha value is -2.57. The lowest BCUT2D eigenvalue weighted by atomic mass is 10.2. The quantitative estimate of drug-likeness (QED) is 0.812. The van der Waals surface area contributed by atoms with Gasteiger partial charge in [0, 0.05) is 6.04 Å². The Bertz CT molecular complexity index is 628. The number of hydrogen-bond donors (Lipinski definition) is 2. The molecule has 7 nitrogen and oxygen atoms in total. The van der Waals surface area contributed by atoms with Crippen molar-refractivity contribution in [1.82, 2.24) is 10.6 Å². The maximum absolute atomic E-state index is 12.2. The summed E-state index contributed by atoms with van der Waals surface area (Å²) in [6, 6.07) is 7.37. The van der Waals surface area contributed by atoms with E-state index in [9.17, 15) is 14.4 Å². The summed E-state index contributed by atoms with van der Waals surface area (Å²) in [4.78, 5) is 37.2. The van der Waals surface area contributed by atoms with Crippen LogP contribution in [-0.4, -0.2) is 43.5 Å². The number of hydrogen-bond acceptors (Lipinski definition) is 4. The molecule has 7 heteroatoms. The number of nitrogens with one attached hydrogen (secondary N) is 2. The normalized spacial score (nSPS) is 16.9. The van der Waals surface area contributed by atoms with Gasteiger partial charge in [-0.3, -0.25) is 19.3 Å². The van der Waals surface area contributed by atoms with Crippen LogP contribution in [-0.2, 0) is 14.4 Å². The predicted octanol–water partition coefficient (Wildman–Crippen LogP) is 0.197. The molecule has 2 N–H and O–H groups in total. The van der Waals surface area contributed by atoms with E-state index in [4.69, 9.17) is 4.74 Å². The zero-order valence-corrected chi connectivity index (χ0v) is 12.7. The first-order chi connectivity index (χ1) is 11.1. The number of para-hydroxylation sites is 2. The van der Waals surface area contributed by atoms with Gasteiger partial charge in [0.2, 0.25) is 17.7 Å². The summed E-state index contributed by atoms with van der Waals surface area (Å²) in [7, 11) is 0. The first kappa shape index (κ1) is 15.3. The van der Waals surface area contributed by atoms with E-state index in [0.29, 0.717) is 11.4 Å². The highest BCUT2D eigenvalue weighted by atomic mass is 16.5. The minimum Gasteiger partial charge on any atom is -0.491 e. The number of anilines is 1. The van der Waals surface area contributed by atoms with Gasteiger partial charge in [-0.2, -0.15) is 0 Å². The van der Waals surface area contributed by atoms with Crippen molar-refractivity contribution in [3.05, 3.63) is 24.3 Å². The van der Waals surface area contributed by atoms with E-state index in [-0.39, 0.29) is 49.9 Å². The van der Waals surface area contributed by atoms with Crippen LogP contribution in [0.2, 0.25) is 0 Å². The van der Waals surface area contributed by atoms with Crippen molar-refractivity contribution in [3.63, 3.8) is 0 Å². The van der Waals surface area contributed by atoms with Crippen LogP contribution >= 0.6 is 0 Å². The molecule has 1 saturated carbocycles. The third-order valence-corrected chi connectivity index (χ3v) is 3.72. The summed E-state index contributed by atoms with van der Waals surface area (Å²) in [5.41, 5.74) is 0.576. The largest absolute Gasteiger partial charge is 0.491 e. The van der Waals surface area contributed by atoms with Crippen LogP contribution in [0.3, 0.4) is 0 Å². The van der Waals surface area contributed by atoms with Crippen molar-refractivity contribution in [2.75, 3.05) is 24.6 Å². The first-order valence-electron chi connectivity index (χ1n) is 7.72. The average Bonchev–Trinajstić information content (AvgIpc) is 3.35. The van der Waals surface area contributed by atoms with Gasteiger partial charge in [-0.15, -0.1) is 0 Å². The predicted molar refractivity (Wildman–Crippen MR) is 83.1 cm³/mol. The van der Waals surface area contributed by atoms with Crippen LogP contribution in [0.1, 0.15) is 19.3 Å². The summed E-state index contributed by atoms with van der Waals surface area (Å²) in [5, 5.41) is 5.34. The van der Waals surface area contributed by atoms with Crippen molar-refractivity contribution in [2.45, 2.75) is 25.3 Å². The molecule has 0 saturated heterocycles. The minimum atomic E-state index is -0.374. The Morgan fingerprint density at radius 1 is 1.22 bits per heavy atom. The molecule has 3 rings (SSSR count). The molecule has 1 aromatic rings. The van der Waals surface area contributed by atoms with Gasteiger partial charge in [-0.05, 0) is 25.0 Å². The van der Waals surface area contributed by atoms with Crippen LogP contribution in [0.4, 0.5) is 5.69 Å². The molecule has 0 bridgehead atoms. The van der Waals surface area contributed by atoms with Gasteiger partial charge in [0.25, 0.3) is 0 Å². The van der Waals surface area contributed by atoms with Crippen molar-refractivity contribution in [3.8, 4) is 5.75 Å². The van der Waals surface area contributed by atoms with Gasteiger partial charge < -0.3 is 15.4 Å². The second kappa shape index (κ2) is 6.68. The Kier molecular flexibility index (Phi) is 4.45. The van der Waals surface area contributed by atoms with Crippen molar-refractivity contribution >= 4 is 23.4 Å². The molecule has 2 aliphatic rings. The maximum Gasteiger partial charge on any atom is 0.240 e. The highest BCUT2D eigenvalue weighted by Gasteiger charge is 2.26. The van der Waals surface area contributed by atoms with Crippen LogP contribution < -0.4 is 20.3 Å². The van der Waals surface area contributed by atoms with E-state index >= 15 is 0 Å². The number of fused-ring (bicyclic) bond motifs is 1. The molecule has 1 aliphatic heterocycles. The second-order valence-corrected chi connectivity index (χ2v) is 5.66. The molecule has 0 spiro atoms. The van der Waals surface area contributed by atoms with Gasteiger partial charge in [0.05, 0.1) is 25.3 Å². The highest BCUT2D eigenvalue weighted by Crippen LogP contribution is 2.30. The van der Waals surface area contributed by atoms with Gasteiger partial charge in [-0.25, -0.2) is 0 Å². The summed E-state index contributed by atoms with van der Waals surface area (Å²) >= 11 is 0. The van der Waals surface area contributed by atoms with E-state index in [0.717, 1.165) is 12.8 Å². The van der Waals surface area contributed by atoms with E-state index in [1.807, 2.05) is 6.07 Å². The molecule has 122 valence electrons. The minimum absolute atomic E-state index is 0.0739. The topological polar surface area (TPSA) is 87.7 Å². The third kappa shape index (κ3) is 4.00. The zero-order valence-electron chi connectivity index (χ0n) is 12.7. The number of nitrogens with zero attached hydrogens (tertiary/aromatic N) is 1. The fraction of sp³-hybridized carbons (Fsp3) is 0.438. The average molecular weight is 317 g/mol. The summed E-state index contributed by atoms with van der Waals surface area (Å²) < 4.78 is 5.52. The second-order valence-electron chi connectivity index (χ2n) is 5.66. The van der Waals surface area contributed by atoms with E-state index in [2.05, 4.69) is 10.6 Å². The number of benzene rings is 1. The highest BCUT2D eigenvalue weighted by molar-refractivity contribution is 6.00. The fourth-order valence-corrected chi connectivity index (χ4v) is 2.38. The Morgan fingerprint density at radius 3 is 2.78 bits per heavy atom. The zero-order chi connectivity index (χ0) is 16.2. The lowest BCUT2D eigenvalue weighted by Crippen LogP contribution is -2.44. The molecule has 23 heavy (non-hydrogen) atoms. The fourth-order valence-electron chi connectivity index (χ4n) is 2.38. The van der Waals surface area contributed by atoms with Crippen LogP contribution in [0.15, 0.2) is 24.3 Å². The molecule has 0 atom stereocenters. The molecule has 1 aromatic carbocycles. The Morgan fingerprint density at radius 2 is 2.00 bits per heavy atom. The van der Waals surface area contributed by atoms with E-state index < -0.39 is 0 Å². The third-order valence-electron chi connectivity index (χ3n) is 3.72. The monoisotopic (exact) mass is 317 g/mol. The number of rotatable bonds is 5. The molecule has 3 amide bonds. The number of carbonyl (C=O) groups is 3. The summed E-state index contributed by atoms with van der Waals surface area (Å²) in [6.45, 7) is 0.0865. The molecule has 1 heterocycles. The lowest BCUT2D eigenvalue weighted by Gasteiger charge is -2.21. The van der Waals surface area contributed by atoms with Crippen molar-refractivity contribution in [2.24, 2.45) is 0 Å². The van der Waals surface area contributed by atoms with Crippen LogP contribution in [0.25, 0.3) is 0 Å².